The number of aromatic hydroxyl groups is 2. The van der Waals surface area contributed by atoms with Crippen molar-refractivity contribution in [1.82, 2.24) is 0 Å². The van der Waals surface area contributed by atoms with E-state index in [0.29, 0.717) is 12.3 Å². The Balaban J connectivity index is 1.52. The number of Topliss-reactive ketones (excluding diaryl/α,β-unsaturated/α-hetero) is 1. The van der Waals surface area contributed by atoms with E-state index in [4.69, 9.17) is 14.2 Å². The molecule has 0 spiro atoms. The molecule has 11 heteroatoms. The average molecular weight is 673 g/mol. The first-order chi connectivity index (χ1) is 22.8. The van der Waals surface area contributed by atoms with Crippen LogP contribution < -0.4 is 9.47 Å². The Morgan fingerprint density at radius 1 is 0.917 bits per heavy atom. The Morgan fingerprint density at radius 3 is 2.27 bits per heavy atom. The van der Waals surface area contributed by atoms with Gasteiger partial charge in [0, 0.05) is 17.5 Å². The number of methoxy groups -OCH3 is 1. The molecule has 6 N–H and O–H groups in total. The van der Waals surface area contributed by atoms with Gasteiger partial charge in [0.1, 0.15) is 48.3 Å². The molecule has 2 aromatic rings. The Bertz CT molecular complexity index is 1380. The Labute approximate surface area is 282 Å². The van der Waals surface area contributed by atoms with Crippen LogP contribution in [0.15, 0.2) is 36.4 Å². The monoisotopic (exact) mass is 672 g/mol. The molecule has 2 aliphatic heterocycles. The van der Waals surface area contributed by atoms with Crippen molar-refractivity contribution in [2.45, 2.75) is 121 Å². The lowest BCUT2D eigenvalue weighted by Gasteiger charge is -2.51. The Morgan fingerprint density at radius 2 is 1.62 bits per heavy atom. The summed E-state index contributed by atoms with van der Waals surface area (Å²) in [5.41, 5.74) is -1.46. The molecule has 48 heavy (non-hydrogen) atoms. The van der Waals surface area contributed by atoms with Crippen LogP contribution in [0.25, 0.3) is 0 Å². The quantitative estimate of drug-likeness (QED) is 0.139. The maximum Gasteiger partial charge on any atom is 0.171 e. The van der Waals surface area contributed by atoms with Gasteiger partial charge in [0.05, 0.1) is 25.2 Å². The molecule has 11 nitrogen and oxygen atoms in total. The number of ether oxygens (including phenoxy) is 3. The van der Waals surface area contributed by atoms with Gasteiger partial charge >= 0.3 is 0 Å². The first-order valence-corrected chi connectivity index (χ1v) is 17.1. The van der Waals surface area contributed by atoms with Gasteiger partial charge in [-0.05, 0) is 61.8 Å². The minimum Gasteiger partial charge on any atom is -0.508 e. The molecule has 1 saturated heterocycles. The summed E-state index contributed by atoms with van der Waals surface area (Å²) in [5.74, 6) is 0.134. The third-order valence-electron chi connectivity index (χ3n) is 9.91. The number of benzene rings is 2. The van der Waals surface area contributed by atoms with Crippen LogP contribution >= 0.6 is 0 Å². The predicted molar refractivity (Wildman–Crippen MR) is 177 cm³/mol. The van der Waals surface area contributed by atoms with Gasteiger partial charge in [0.2, 0.25) is 0 Å². The molecule has 0 saturated carbocycles. The lowest BCUT2D eigenvalue weighted by molar-refractivity contribution is -0.279. The highest BCUT2D eigenvalue weighted by atomic mass is 16.6. The van der Waals surface area contributed by atoms with Crippen molar-refractivity contribution in [1.29, 1.82) is 0 Å². The molecule has 266 valence electrons. The number of phenolic OH excluding ortho intramolecular Hbond substituents is 2. The molecule has 2 heterocycles. The van der Waals surface area contributed by atoms with E-state index >= 15 is 0 Å². The molecule has 9 atom stereocenters. The van der Waals surface area contributed by atoms with Crippen LogP contribution in [0.4, 0.5) is 0 Å². The fourth-order valence-corrected chi connectivity index (χ4v) is 7.00. The molecule has 0 bridgehead atoms. The van der Waals surface area contributed by atoms with E-state index in [1.807, 2.05) is 0 Å². The smallest absolute Gasteiger partial charge is 0.171 e. The zero-order valence-corrected chi connectivity index (χ0v) is 28.3. The average Bonchev–Trinajstić information content (AvgIpc) is 3.05. The highest BCUT2D eigenvalue weighted by molar-refractivity contribution is 6.00. The number of hydrogen-bond donors (Lipinski definition) is 6. The zero-order valence-electron chi connectivity index (χ0n) is 28.3. The molecule has 2 aromatic carbocycles. The summed E-state index contributed by atoms with van der Waals surface area (Å²) in [6.45, 7) is 6.40. The molecule has 2 aliphatic rings. The first-order valence-electron chi connectivity index (χ1n) is 17.1. The van der Waals surface area contributed by atoms with E-state index in [9.17, 15) is 40.2 Å². The minimum absolute atomic E-state index is 0.000586. The highest BCUT2D eigenvalue weighted by Gasteiger charge is 2.58. The second kappa shape index (κ2) is 16.5. The molecule has 5 unspecified atom stereocenters. The summed E-state index contributed by atoms with van der Waals surface area (Å²) < 4.78 is 17.8. The largest absolute Gasteiger partial charge is 0.508 e. The number of aliphatic hydroxyl groups excluding tert-OH is 4. The standard InChI is InChI=1S/C37H52O11/c1-21(2)7-5-9-23(20-38)10-6-8-22(3)11-15-27(40)35-33(44)32(43)34(45)36(47-35)37(24-12-16-30(46-4)28(41)17-24)19-29(42)26-14-13-25(39)18-31(26)48-37/h12-14,16-18,20-23,27,32-36,39-41,43-45H,5-11,15,19H2,1-4H3/t22?,23?,27?,32-,33-,34+,35+,36?,37?/m0/s1. The maximum atomic E-state index is 13.5. The molecule has 0 aromatic heterocycles. The second-order valence-corrected chi connectivity index (χ2v) is 14.1. The fourth-order valence-electron chi connectivity index (χ4n) is 7.00. The van der Waals surface area contributed by atoms with E-state index in [2.05, 4.69) is 20.8 Å². The summed E-state index contributed by atoms with van der Waals surface area (Å²) in [6, 6.07) is 8.30. The van der Waals surface area contributed by atoms with Gasteiger partial charge in [-0.3, -0.25) is 4.79 Å². The molecular formula is C37H52O11. The Hall–Kier alpha value is -3.22. The third-order valence-corrected chi connectivity index (χ3v) is 9.91. The first kappa shape index (κ1) is 37.6. The number of carbonyl (C=O) groups is 2. The van der Waals surface area contributed by atoms with Crippen molar-refractivity contribution in [3.8, 4) is 23.0 Å². The summed E-state index contributed by atoms with van der Waals surface area (Å²) >= 11 is 0. The maximum absolute atomic E-state index is 13.5. The van der Waals surface area contributed by atoms with Crippen LogP contribution in [-0.4, -0.2) is 86.4 Å². The number of hydrogen-bond acceptors (Lipinski definition) is 11. The topological polar surface area (TPSA) is 183 Å². The molecule has 1 fully saturated rings. The van der Waals surface area contributed by atoms with Crippen LogP contribution in [0.5, 0.6) is 23.0 Å². The summed E-state index contributed by atoms with van der Waals surface area (Å²) in [6.07, 6.45) is -2.28. The number of carbonyl (C=O) groups excluding carboxylic acids is 2. The summed E-state index contributed by atoms with van der Waals surface area (Å²) in [4.78, 5) is 25.1. The van der Waals surface area contributed by atoms with E-state index in [-0.39, 0.29) is 58.8 Å². The van der Waals surface area contributed by atoms with Gasteiger partial charge < -0.3 is 49.6 Å². The number of phenols is 2. The predicted octanol–water partition coefficient (Wildman–Crippen LogP) is 4.41. The van der Waals surface area contributed by atoms with E-state index in [1.54, 1.807) is 0 Å². The van der Waals surface area contributed by atoms with Crippen LogP contribution in [0, 0.1) is 17.8 Å². The van der Waals surface area contributed by atoms with Crippen molar-refractivity contribution in [2.24, 2.45) is 17.8 Å². The zero-order chi connectivity index (χ0) is 35.2. The van der Waals surface area contributed by atoms with Crippen molar-refractivity contribution >= 4 is 12.1 Å². The number of rotatable bonds is 16. The molecule has 4 rings (SSSR count). The molecule has 0 radical (unpaired) electrons. The number of ketones is 1. The van der Waals surface area contributed by atoms with E-state index in [1.165, 1.54) is 43.5 Å². The van der Waals surface area contributed by atoms with Gasteiger partial charge in [-0.25, -0.2) is 0 Å². The number of fused-ring (bicyclic) bond motifs is 1. The molecular weight excluding hydrogens is 620 g/mol. The highest BCUT2D eigenvalue weighted by Crippen LogP contribution is 2.48. The molecule has 0 amide bonds. The summed E-state index contributed by atoms with van der Waals surface area (Å²) in [7, 11) is 1.37. The number of aldehydes is 1. The van der Waals surface area contributed by atoms with Crippen LogP contribution in [0.2, 0.25) is 0 Å². The van der Waals surface area contributed by atoms with Crippen molar-refractivity contribution in [3.05, 3.63) is 47.5 Å². The van der Waals surface area contributed by atoms with Crippen molar-refractivity contribution < 1.29 is 54.4 Å². The van der Waals surface area contributed by atoms with Gasteiger partial charge in [0.25, 0.3) is 0 Å². The molecule has 0 aliphatic carbocycles. The number of aliphatic hydroxyl groups is 4. The fraction of sp³-hybridized carbons (Fsp3) is 0.622. The van der Waals surface area contributed by atoms with Crippen LogP contribution in [-0.2, 0) is 15.1 Å². The van der Waals surface area contributed by atoms with Gasteiger partial charge in [-0.2, -0.15) is 0 Å². The van der Waals surface area contributed by atoms with Gasteiger partial charge in [0.15, 0.2) is 22.9 Å². The normalized spacial score (nSPS) is 27.5. The Kier molecular flexibility index (Phi) is 12.9. The summed E-state index contributed by atoms with van der Waals surface area (Å²) in [5, 5.41) is 65.5. The SMILES string of the molecule is COc1ccc(C2(C3O[C@H](C(O)CCC(C)CCCC(C=O)CCCC(C)C)[C@@H](O)[C@H](O)[C@H]3O)CC(=O)c3ccc(O)cc3O2)cc1O. The van der Waals surface area contributed by atoms with Crippen LogP contribution in [0.1, 0.15) is 94.5 Å². The van der Waals surface area contributed by atoms with Crippen LogP contribution in [0.3, 0.4) is 0 Å². The van der Waals surface area contributed by atoms with E-state index in [0.717, 1.165) is 44.8 Å². The van der Waals surface area contributed by atoms with Crippen molar-refractivity contribution in [3.63, 3.8) is 0 Å². The lowest BCUT2D eigenvalue weighted by Crippen LogP contribution is -2.67. The minimum atomic E-state index is -1.85. The van der Waals surface area contributed by atoms with Gasteiger partial charge in [-0.15, -0.1) is 0 Å². The van der Waals surface area contributed by atoms with Crippen molar-refractivity contribution in [2.75, 3.05) is 7.11 Å². The lowest BCUT2D eigenvalue weighted by atomic mass is 9.74. The second-order valence-electron chi connectivity index (χ2n) is 14.1. The van der Waals surface area contributed by atoms with E-state index < -0.39 is 48.0 Å². The van der Waals surface area contributed by atoms with Gasteiger partial charge in [-0.1, -0.05) is 52.5 Å². The third kappa shape index (κ3) is 8.49.